The van der Waals surface area contributed by atoms with Gasteiger partial charge in [-0.25, -0.2) is 0 Å². The van der Waals surface area contributed by atoms with Gasteiger partial charge in [-0.2, -0.15) is 0 Å². The summed E-state index contributed by atoms with van der Waals surface area (Å²) >= 11 is 0. The Hall–Kier alpha value is -1.82. The Labute approximate surface area is 341 Å². The normalized spacial score (nSPS) is 20.6. The maximum atomic E-state index is 12.8. The molecule has 0 spiro atoms. The van der Waals surface area contributed by atoms with Crippen LogP contribution in [0.5, 0.6) is 0 Å². The third kappa shape index (κ3) is 28.6. The molecule has 1 fully saturated rings. The highest BCUT2D eigenvalue weighted by molar-refractivity contribution is 5.70. The van der Waals surface area contributed by atoms with Crippen LogP contribution in [0.15, 0.2) is 24.3 Å². The zero-order chi connectivity index (χ0) is 40.9. The van der Waals surface area contributed by atoms with Crippen LogP contribution in [0.3, 0.4) is 0 Å². The highest BCUT2D eigenvalue weighted by Crippen LogP contribution is 2.23. The summed E-state index contributed by atoms with van der Waals surface area (Å²) in [6, 6.07) is 0. The number of esters is 2. The third-order valence-corrected chi connectivity index (χ3v) is 10.6. The monoisotopic (exact) mass is 797 g/mol. The number of carbonyl (C=O) groups is 2. The number of aliphatic hydroxyl groups excluding tert-OH is 4. The topological polar surface area (TPSA) is 152 Å². The lowest BCUT2D eigenvalue weighted by Gasteiger charge is -2.39. The second kappa shape index (κ2) is 37.5. The van der Waals surface area contributed by atoms with Gasteiger partial charge < -0.3 is 39.4 Å². The van der Waals surface area contributed by atoms with Crippen molar-refractivity contribution in [3.05, 3.63) is 24.3 Å². The Balaban J connectivity index is 2.32. The summed E-state index contributed by atoms with van der Waals surface area (Å²) in [6.45, 7) is 3.40. The molecular weight excluding hydrogens is 712 g/mol. The molecular formula is C46H84O10. The summed E-state index contributed by atoms with van der Waals surface area (Å²) in [5, 5.41) is 40.1. The minimum absolute atomic E-state index is 0.221. The summed E-state index contributed by atoms with van der Waals surface area (Å²) in [5.41, 5.74) is 0. The van der Waals surface area contributed by atoms with Crippen LogP contribution in [0, 0.1) is 0 Å². The van der Waals surface area contributed by atoms with Gasteiger partial charge in [0.15, 0.2) is 12.4 Å². The highest BCUT2D eigenvalue weighted by atomic mass is 16.7. The second-order valence-electron chi connectivity index (χ2n) is 15.8. The van der Waals surface area contributed by atoms with E-state index in [1.807, 2.05) is 0 Å². The van der Waals surface area contributed by atoms with Crippen molar-refractivity contribution in [3.63, 3.8) is 0 Å². The van der Waals surface area contributed by atoms with Crippen molar-refractivity contribution in [2.24, 2.45) is 0 Å². The molecule has 1 rings (SSSR count). The van der Waals surface area contributed by atoms with E-state index in [1.54, 1.807) is 0 Å². The summed E-state index contributed by atoms with van der Waals surface area (Å²) in [4.78, 5) is 25.3. The average Bonchev–Trinajstić information content (AvgIpc) is 3.19. The van der Waals surface area contributed by atoms with Gasteiger partial charge in [0.25, 0.3) is 0 Å². The molecule has 0 aromatic heterocycles. The van der Waals surface area contributed by atoms with Crippen LogP contribution in [-0.2, 0) is 28.5 Å². The number of carbonyl (C=O) groups excluding carboxylic acids is 2. The maximum absolute atomic E-state index is 12.8. The Morgan fingerprint density at radius 1 is 0.536 bits per heavy atom. The average molecular weight is 797 g/mol. The summed E-state index contributed by atoms with van der Waals surface area (Å²) in [5.74, 6) is -0.817. The predicted molar refractivity (Wildman–Crippen MR) is 224 cm³/mol. The Morgan fingerprint density at radius 2 is 0.946 bits per heavy atom. The minimum Gasteiger partial charge on any atom is -0.462 e. The Kier molecular flexibility index (Phi) is 34.9. The maximum Gasteiger partial charge on any atom is 0.306 e. The zero-order valence-electron chi connectivity index (χ0n) is 35.6. The molecule has 0 aromatic rings. The SMILES string of the molecule is CCCCCCC/C=C/CCCCCCCC(=O)O[C@@H](COC(=O)CCCCCCCCC/C=C/CCCCCCCC)CO[C@H]1O[C@@H](CO)[C@@H](O)C(O)C1O. The molecule has 1 aliphatic rings. The van der Waals surface area contributed by atoms with Gasteiger partial charge in [-0.1, -0.05) is 147 Å². The Bertz CT molecular complexity index is 970. The highest BCUT2D eigenvalue weighted by Gasteiger charge is 2.44. The van der Waals surface area contributed by atoms with E-state index in [1.165, 1.54) is 96.3 Å². The van der Waals surface area contributed by atoms with E-state index in [0.29, 0.717) is 6.42 Å². The summed E-state index contributed by atoms with van der Waals surface area (Å²) in [7, 11) is 0. The molecule has 1 saturated heterocycles. The van der Waals surface area contributed by atoms with E-state index >= 15 is 0 Å². The third-order valence-electron chi connectivity index (χ3n) is 10.6. The fraction of sp³-hybridized carbons (Fsp3) is 0.870. The van der Waals surface area contributed by atoms with E-state index in [0.717, 1.165) is 70.6 Å². The van der Waals surface area contributed by atoms with Gasteiger partial charge in [0.1, 0.15) is 31.0 Å². The molecule has 0 aliphatic carbocycles. The van der Waals surface area contributed by atoms with E-state index in [4.69, 9.17) is 18.9 Å². The first-order chi connectivity index (χ1) is 27.3. The van der Waals surface area contributed by atoms with Crippen molar-refractivity contribution in [1.82, 2.24) is 0 Å². The molecule has 56 heavy (non-hydrogen) atoms. The van der Waals surface area contributed by atoms with E-state index in [2.05, 4.69) is 38.2 Å². The smallest absolute Gasteiger partial charge is 0.306 e. The quantitative estimate of drug-likeness (QED) is 0.0270. The van der Waals surface area contributed by atoms with E-state index < -0.39 is 49.4 Å². The van der Waals surface area contributed by atoms with E-state index in [9.17, 15) is 30.0 Å². The molecule has 0 amide bonds. The van der Waals surface area contributed by atoms with Crippen LogP contribution in [0.4, 0.5) is 0 Å². The van der Waals surface area contributed by atoms with Crippen LogP contribution in [0.1, 0.15) is 200 Å². The molecule has 4 N–H and O–H groups in total. The van der Waals surface area contributed by atoms with Crippen LogP contribution < -0.4 is 0 Å². The van der Waals surface area contributed by atoms with Crippen LogP contribution in [-0.4, -0.2) is 89.0 Å². The van der Waals surface area contributed by atoms with Crippen molar-refractivity contribution in [3.8, 4) is 0 Å². The zero-order valence-corrected chi connectivity index (χ0v) is 35.6. The number of hydrogen-bond donors (Lipinski definition) is 4. The lowest BCUT2D eigenvalue weighted by Crippen LogP contribution is -2.59. The lowest BCUT2D eigenvalue weighted by molar-refractivity contribution is -0.305. The largest absolute Gasteiger partial charge is 0.462 e. The van der Waals surface area contributed by atoms with Crippen molar-refractivity contribution in [2.45, 2.75) is 237 Å². The first-order valence-electron chi connectivity index (χ1n) is 22.9. The number of hydrogen-bond acceptors (Lipinski definition) is 10. The number of unbranched alkanes of at least 4 members (excludes halogenated alkanes) is 23. The van der Waals surface area contributed by atoms with Gasteiger partial charge >= 0.3 is 11.9 Å². The molecule has 1 heterocycles. The molecule has 6 atom stereocenters. The van der Waals surface area contributed by atoms with Crippen molar-refractivity contribution >= 4 is 11.9 Å². The molecule has 0 bridgehead atoms. The van der Waals surface area contributed by atoms with Gasteiger partial charge in [0, 0.05) is 12.8 Å². The summed E-state index contributed by atoms with van der Waals surface area (Å²) < 4.78 is 22.2. The minimum atomic E-state index is -1.59. The molecule has 0 saturated carbocycles. The molecule has 0 radical (unpaired) electrons. The van der Waals surface area contributed by atoms with Gasteiger partial charge in [-0.05, 0) is 64.2 Å². The summed E-state index contributed by atoms with van der Waals surface area (Å²) in [6.07, 6.45) is 33.2. The number of ether oxygens (including phenoxy) is 4. The van der Waals surface area contributed by atoms with Crippen LogP contribution in [0.2, 0.25) is 0 Å². The van der Waals surface area contributed by atoms with Gasteiger partial charge in [-0.15, -0.1) is 0 Å². The molecule has 1 aliphatic heterocycles. The number of rotatable bonds is 38. The molecule has 0 aromatic carbocycles. The number of aliphatic hydroxyl groups is 4. The first-order valence-corrected chi connectivity index (χ1v) is 22.9. The number of allylic oxidation sites excluding steroid dienone is 4. The lowest BCUT2D eigenvalue weighted by atomic mass is 9.99. The van der Waals surface area contributed by atoms with Crippen molar-refractivity contribution in [2.75, 3.05) is 19.8 Å². The predicted octanol–water partition coefficient (Wildman–Crippen LogP) is 9.72. The fourth-order valence-electron chi connectivity index (χ4n) is 6.88. The van der Waals surface area contributed by atoms with Crippen LogP contribution >= 0.6 is 0 Å². The Morgan fingerprint density at radius 3 is 1.39 bits per heavy atom. The van der Waals surface area contributed by atoms with Gasteiger partial charge in [0.05, 0.1) is 13.2 Å². The van der Waals surface area contributed by atoms with Crippen molar-refractivity contribution < 1.29 is 49.0 Å². The molecule has 10 nitrogen and oxygen atoms in total. The van der Waals surface area contributed by atoms with Crippen molar-refractivity contribution in [1.29, 1.82) is 0 Å². The van der Waals surface area contributed by atoms with E-state index in [-0.39, 0.29) is 32.0 Å². The van der Waals surface area contributed by atoms with Gasteiger partial charge in [-0.3, -0.25) is 9.59 Å². The molecule has 10 heteroatoms. The second-order valence-corrected chi connectivity index (χ2v) is 15.8. The first kappa shape index (κ1) is 52.2. The van der Waals surface area contributed by atoms with Crippen LogP contribution in [0.25, 0.3) is 0 Å². The standard InChI is InChI=1S/C46H84O10/c1-3-5-7-9-11-13-15-17-19-20-21-23-24-26-28-30-32-34-41(48)53-37-39(38-54-46-45(52)44(51)43(50)40(36-47)56-46)55-42(49)35-33-31-29-27-25-22-18-16-14-12-10-8-6-4-2/h16-19,39-40,43-47,50-52H,3-15,20-38H2,1-2H3/b18-16+,19-17+/t39-,40-,43+,44?,45?,46-/m0/s1. The molecule has 328 valence electrons. The fourth-order valence-corrected chi connectivity index (χ4v) is 6.88. The van der Waals surface area contributed by atoms with Gasteiger partial charge in [0.2, 0.25) is 0 Å². The molecule has 2 unspecified atom stereocenters.